The van der Waals surface area contributed by atoms with Gasteiger partial charge in [0.05, 0.1) is 0 Å². The summed E-state index contributed by atoms with van der Waals surface area (Å²) in [4.78, 5) is 0. The minimum absolute atomic E-state index is 0. The van der Waals surface area contributed by atoms with E-state index in [1.165, 1.54) is 77.0 Å². The molecule has 0 N–H and O–H groups in total. The summed E-state index contributed by atoms with van der Waals surface area (Å²) in [5, 5.41) is 0. The van der Waals surface area contributed by atoms with Crippen molar-refractivity contribution in [3.05, 3.63) is 0 Å². The summed E-state index contributed by atoms with van der Waals surface area (Å²) in [6.45, 7) is 37.1. The maximum absolute atomic E-state index is 2.54. The average Bonchev–Trinajstić information content (AvgIpc) is 2.70. The van der Waals surface area contributed by atoms with Gasteiger partial charge in [0.25, 0.3) is 0 Å². The molecule has 58 heavy (non-hydrogen) atoms. The number of hydrogen-bond donors (Lipinski definition) is 0. The Hall–Kier alpha value is 0. The molecule has 0 saturated heterocycles. The van der Waals surface area contributed by atoms with E-state index in [1.807, 2.05) is 0 Å². The molecule has 0 fully saturated rings. The van der Waals surface area contributed by atoms with Gasteiger partial charge in [-0.15, -0.1) is 0 Å². The van der Waals surface area contributed by atoms with E-state index in [1.54, 1.807) is 0 Å². The zero-order valence-corrected chi connectivity index (χ0v) is 31.0. The summed E-state index contributed by atoms with van der Waals surface area (Å²) in [6, 6.07) is 0. The second kappa shape index (κ2) is 68.7. The first-order valence-electron chi connectivity index (χ1n) is 18.5. The summed E-state index contributed by atoms with van der Waals surface area (Å²) in [7, 11) is 0. The van der Waals surface area contributed by atoms with Crippen LogP contribution in [0.15, 0.2) is 0 Å². The highest BCUT2D eigenvalue weighted by atomic mass is 14.3. The fourth-order valence-corrected chi connectivity index (χ4v) is 9.54. The van der Waals surface area contributed by atoms with Crippen molar-refractivity contribution in [3.8, 4) is 0 Å². The third kappa shape index (κ3) is 73.5. The molecule has 0 amide bonds. The molecule has 0 rings (SSSR count). The molecule has 0 aromatic rings. The summed E-state index contributed by atoms with van der Waals surface area (Å²) in [5.74, 6) is 11.3. The van der Waals surface area contributed by atoms with Gasteiger partial charge in [0.15, 0.2) is 0 Å². The smallest absolute Gasteiger partial charge is 0.0438 e. The monoisotopic (exact) mass is 851 g/mol. The molecule has 386 valence electrons. The third-order valence-electron chi connectivity index (χ3n) is 9.79. The van der Waals surface area contributed by atoms with E-state index in [4.69, 9.17) is 0 Å². The topological polar surface area (TPSA) is 0 Å². The molecule has 11 atom stereocenters. The van der Waals surface area contributed by atoms with Crippen molar-refractivity contribution in [2.45, 2.75) is 315 Å². The Kier molecular flexibility index (Phi) is 147. The zero-order chi connectivity index (χ0) is 31.0. The van der Waals surface area contributed by atoms with Gasteiger partial charge in [-0.2, -0.15) is 0 Å². The maximum atomic E-state index is 2.54. The highest BCUT2D eigenvalue weighted by Crippen LogP contribution is 2.33. The van der Waals surface area contributed by atoms with Gasteiger partial charge in [0.2, 0.25) is 0 Å². The fraction of sp³-hybridized carbons (Fsp3) is 1.00. The van der Waals surface area contributed by atoms with Crippen molar-refractivity contribution in [2.75, 3.05) is 0 Å². The Morgan fingerprint density at radius 3 is 0.276 bits per heavy atom. The van der Waals surface area contributed by atoms with Gasteiger partial charge in [-0.25, -0.2) is 0 Å². The van der Waals surface area contributed by atoms with Crippen molar-refractivity contribution in [2.24, 2.45) is 76.9 Å². The lowest BCUT2D eigenvalue weighted by Crippen LogP contribution is -2.15. The van der Waals surface area contributed by atoms with Crippen LogP contribution in [0.3, 0.4) is 0 Å². The van der Waals surface area contributed by atoms with Crippen LogP contribution in [0.2, 0.25) is 0 Å². The highest BCUT2D eigenvalue weighted by molar-refractivity contribution is 4.72. The molecule has 0 aliphatic heterocycles. The van der Waals surface area contributed by atoms with Crippen LogP contribution >= 0.6 is 0 Å². The lowest BCUT2D eigenvalue weighted by Gasteiger charge is -2.27. The molecule has 0 bridgehead atoms. The molecular weight excluding hydrogens is 697 g/mol. The standard InChI is InChI=1S/C40H82.18CH4/c1-28(2)16-30(5)18-32(7)20-34(9)22-36(11)24-38(13)26-40(15)27-39(14)25-37(12)23-35(10)21-33(8)19-31(6)17-29(3)4;;;;;;;;;;;;;;;;;;/h28-40H,16-27H2,1-15H3;18*1H4/t30-,31+,32-,33+,34-,35-,36-,37+,38+,39+,40?;;;;;;;;;;;;;;;;;;/m0................../s1. The molecule has 0 aliphatic carbocycles. The minimum atomic E-state index is 0. The van der Waals surface area contributed by atoms with Crippen LogP contribution in [0.4, 0.5) is 0 Å². The first-order valence-corrected chi connectivity index (χ1v) is 18.5. The van der Waals surface area contributed by atoms with E-state index < -0.39 is 0 Å². The predicted molar refractivity (Wildman–Crippen MR) is 307 cm³/mol. The Morgan fingerprint density at radius 2 is 0.207 bits per heavy atom. The SMILES string of the molecule is C.C.C.C.C.C.C.C.C.C.C.C.C.C.C.C.C.C.CC(C)C[C@@H](C)C[C@@H](C)C[C@H](C)C[C@@H](C)C[C@@H](C)CC(C)C[C@H](C)C[C@@H](C)C[C@@H](C)C[C@@H](C)C[C@@H](C)CC(C)C. The first-order chi connectivity index (χ1) is 18.5. The average molecular weight is 852 g/mol. The second-order valence-electron chi connectivity index (χ2n) is 17.8. The molecule has 0 nitrogen and oxygen atoms in total. The van der Waals surface area contributed by atoms with Gasteiger partial charge < -0.3 is 0 Å². The van der Waals surface area contributed by atoms with Gasteiger partial charge in [0.1, 0.15) is 0 Å². The molecule has 0 heteroatoms. The van der Waals surface area contributed by atoms with E-state index in [-0.39, 0.29) is 134 Å². The summed E-state index contributed by atoms with van der Waals surface area (Å²) >= 11 is 0. The first kappa shape index (κ1) is 124. The van der Waals surface area contributed by atoms with Gasteiger partial charge in [-0.1, -0.05) is 238 Å². The second-order valence-corrected chi connectivity index (χ2v) is 17.8. The molecule has 0 aliphatic rings. The number of hydrogen-bond acceptors (Lipinski definition) is 0. The Balaban J connectivity index is -0.0000000497. The molecule has 0 radical (unpaired) electrons. The molecule has 0 aromatic carbocycles. The van der Waals surface area contributed by atoms with Crippen LogP contribution in [0.25, 0.3) is 0 Å². The molecule has 0 heterocycles. The molecule has 0 aromatic heterocycles. The molecule has 0 saturated carbocycles. The van der Waals surface area contributed by atoms with Crippen molar-refractivity contribution >= 4 is 0 Å². The van der Waals surface area contributed by atoms with E-state index in [0.717, 1.165) is 76.9 Å². The van der Waals surface area contributed by atoms with Crippen LogP contribution in [0, 0.1) is 76.9 Å². The van der Waals surface area contributed by atoms with E-state index in [9.17, 15) is 0 Å². The number of rotatable bonds is 24. The van der Waals surface area contributed by atoms with Crippen molar-refractivity contribution in [1.82, 2.24) is 0 Å². The van der Waals surface area contributed by atoms with Crippen LogP contribution in [-0.2, 0) is 0 Å². The van der Waals surface area contributed by atoms with Gasteiger partial charge >= 0.3 is 0 Å². The van der Waals surface area contributed by atoms with Crippen molar-refractivity contribution in [3.63, 3.8) is 0 Å². The van der Waals surface area contributed by atoms with Crippen molar-refractivity contribution < 1.29 is 0 Å². The minimum Gasteiger partial charge on any atom is -0.0776 e. The Morgan fingerprint density at radius 1 is 0.138 bits per heavy atom. The Labute approximate surface area is 390 Å². The summed E-state index contributed by atoms with van der Waals surface area (Å²) in [6.07, 6.45) is 17.0. The Bertz CT molecular complexity index is 525. The zero-order valence-electron chi connectivity index (χ0n) is 31.0. The van der Waals surface area contributed by atoms with E-state index in [0.29, 0.717) is 0 Å². The largest absolute Gasteiger partial charge is 0.0776 e. The summed E-state index contributed by atoms with van der Waals surface area (Å²) < 4.78 is 0. The molecular formula is C58H154. The summed E-state index contributed by atoms with van der Waals surface area (Å²) in [5.41, 5.74) is 0. The highest BCUT2D eigenvalue weighted by Gasteiger charge is 2.21. The lowest BCUT2D eigenvalue weighted by molar-refractivity contribution is 0.245. The molecule has 0 spiro atoms. The van der Waals surface area contributed by atoms with Gasteiger partial charge in [-0.3, -0.25) is 0 Å². The van der Waals surface area contributed by atoms with E-state index in [2.05, 4.69) is 104 Å². The van der Waals surface area contributed by atoms with Crippen molar-refractivity contribution in [1.29, 1.82) is 0 Å². The van der Waals surface area contributed by atoms with Crippen LogP contribution < -0.4 is 0 Å². The fourth-order valence-electron chi connectivity index (χ4n) is 9.54. The van der Waals surface area contributed by atoms with Crippen LogP contribution in [-0.4, -0.2) is 0 Å². The quantitative estimate of drug-likeness (QED) is 0.0908. The predicted octanol–water partition coefficient (Wildman–Crippen LogP) is 25.4. The third-order valence-corrected chi connectivity index (χ3v) is 9.79. The van der Waals surface area contributed by atoms with Crippen LogP contribution in [0.1, 0.15) is 315 Å². The van der Waals surface area contributed by atoms with E-state index >= 15 is 0 Å². The van der Waals surface area contributed by atoms with Crippen LogP contribution in [0.5, 0.6) is 0 Å². The normalized spacial score (nSPS) is 14.4. The lowest BCUT2D eigenvalue weighted by atomic mass is 9.79. The maximum Gasteiger partial charge on any atom is -0.0438 e. The van der Waals surface area contributed by atoms with Gasteiger partial charge in [-0.05, 0) is 154 Å². The van der Waals surface area contributed by atoms with Gasteiger partial charge in [0, 0.05) is 0 Å². The molecule has 1 unspecified atom stereocenters.